The molecule has 2 rings (SSSR count). The van der Waals surface area contributed by atoms with Crippen LogP contribution < -0.4 is 14.4 Å². The molecule has 0 fully saturated rings. The van der Waals surface area contributed by atoms with Crippen LogP contribution in [0.5, 0.6) is 5.75 Å². The molecule has 146 valence electrons. The van der Waals surface area contributed by atoms with Gasteiger partial charge in [0.25, 0.3) is 0 Å². The van der Waals surface area contributed by atoms with Gasteiger partial charge < -0.3 is 10.1 Å². The summed E-state index contributed by atoms with van der Waals surface area (Å²) >= 11 is 0. The van der Waals surface area contributed by atoms with Crippen LogP contribution in [0.4, 0.5) is 11.4 Å². The first-order chi connectivity index (χ1) is 12.5. The zero-order chi connectivity index (χ0) is 20.4. The number of hydrogen-bond donors (Lipinski definition) is 1. The molecule has 0 heterocycles. The van der Waals surface area contributed by atoms with E-state index in [1.54, 1.807) is 19.1 Å². The number of benzene rings is 2. The lowest BCUT2D eigenvalue weighted by molar-refractivity contribution is -0.116. The van der Waals surface area contributed by atoms with Crippen molar-refractivity contribution in [1.29, 1.82) is 0 Å². The van der Waals surface area contributed by atoms with E-state index >= 15 is 0 Å². The molecule has 2 aromatic rings. The van der Waals surface area contributed by atoms with Gasteiger partial charge in [-0.2, -0.15) is 0 Å². The number of sulfonamides is 1. The minimum atomic E-state index is -3.73. The number of carbonyl (C=O) groups excluding carboxylic acids is 1. The van der Waals surface area contributed by atoms with E-state index in [1.165, 1.54) is 7.11 Å². The smallest absolute Gasteiger partial charge is 0.247 e. The van der Waals surface area contributed by atoms with Gasteiger partial charge in [0.2, 0.25) is 15.9 Å². The average Bonchev–Trinajstić information content (AvgIpc) is 2.52. The molecule has 0 aromatic heterocycles. The molecule has 27 heavy (non-hydrogen) atoms. The van der Waals surface area contributed by atoms with E-state index in [9.17, 15) is 13.2 Å². The normalized spacial score (nSPS) is 12.4. The van der Waals surface area contributed by atoms with Crippen LogP contribution in [0.2, 0.25) is 0 Å². The molecule has 0 bridgehead atoms. The molecule has 0 aliphatic carbocycles. The number of anilines is 2. The van der Waals surface area contributed by atoms with E-state index in [0.29, 0.717) is 17.1 Å². The van der Waals surface area contributed by atoms with Gasteiger partial charge in [0.1, 0.15) is 11.8 Å². The number of hydrogen-bond acceptors (Lipinski definition) is 4. The maximum atomic E-state index is 12.8. The highest BCUT2D eigenvalue weighted by Crippen LogP contribution is 2.32. The van der Waals surface area contributed by atoms with Gasteiger partial charge in [0.15, 0.2) is 0 Å². The highest BCUT2D eigenvalue weighted by molar-refractivity contribution is 7.92. The summed E-state index contributed by atoms with van der Waals surface area (Å²) in [4.78, 5) is 12.8. The van der Waals surface area contributed by atoms with Crippen molar-refractivity contribution < 1.29 is 17.9 Å². The number of ether oxygens (including phenoxy) is 1. The molecule has 2 aromatic carbocycles. The quantitative estimate of drug-likeness (QED) is 0.820. The van der Waals surface area contributed by atoms with Crippen molar-refractivity contribution in [3.05, 3.63) is 53.1 Å². The Kier molecular flexibility index (Phi) is 6.15. The second kappa shape index (κ2) is 8.00. The third kappa shape index (κ3) is 5.01. The number of amides is 1. The molecule has 0 saturated carbocycles. The summed E-state index contributed by atoms with van der Waals surface area (Å²) in [5.41, 5.74) is 3.86. The Morgan fingerprint density at radius 1 is 1.04 bits per heavy atom. The molecule has 6 nitrogen and oxygen atoms in total. The fourth-order valence-corrected chi connectivity index (χ4v) is 4.22. The molecule has 7 heteroatoms. The largest absolute Gasteiger partial charge is 0.495 e. The van der Waals surface area contributed by atoms with Gasteiger partial charge in [-0.3, -0.25) is 9.10 Å². The molecule has 1 N–H and O–H groups in total. The molecule has 1 unspecified atom stereocenters. The predicted octanol–water partition coefficient (Wildman–Crippen LogP) is 3.41. The minimum absolute atomic E-state index is 0.336. The highest BCUT2D eigenvalue weighted by atomic mass is 32.2. The summed E-state index contributed by atoms with van der Waals surface area (Å²) in [7, 11) is -2.26. The fraction of sp³-hybridized carbons (Fsp3) is 0.350. The third-order valence-electron chi connectivity index (χ3n) is 4.15. The Balaban J connectivity index is 2.42. The fourth-order valence-electron chi connectivity index (χ4n) is 3.05. The average molecular weight is 391 g/mol. The van der Waals surface area contributed by atoms with Crippen molar-refractivity contribution in [1.82, 2.24) is 0 Å². The van der Waals surface area contributed by atoms with Crippen molar-refractivity contribution in [3.63, 3.8) is 0 Å². The van der Waals surface area contributed by atoms with Crippen molar-refractivity contribution >= 4 is 27.3 Å². The van der Waals surface area contributed by atoms with Crippen LogP contribution >= 0.6 is 0 Å². The van der Waals surface area contributed by atoms with Crippen molar-refractivity contribution in [2.24, 2.45) is 0 Å². The molecule has 0 aliphatic heterocycles. The molecule has 0 radical (unpaired) electrons. The van der Waals surface area contributed by atoms with E-state index in [-0.39, 0.29) is 0 Å². The monoisotopic (exact) mass is 390 g/mol. The number of aryl methyl sites for hydroxylation is 3. The lowest BCUT2D eigenvalue weighted by Gasteiger charge is -2.29. The van der Waals surface area contributed by atoms with Gasteiger partial charge in [-0.05, 0) is 68.7 Å². The van der Waals surface area contributed by atoms with Crippen molar-refractivity contribution in [3.8, 4) is 5.75 Å². The van der Waals surface area contributed by atoms with Gasteiger partial charge in [-0.25, -0.2) is 8.42 Å². The summed E-state index contributed by atoms with van der Waals surface area (Å²) in [6, 6.07) is 9.93. The molecule has 0 saturated heterocycles. The van der Waals surface area contributed by atoms with Crippen LogP contribution in [0.15, 0.2) is 36.4 Å². The Morgan fingerprint density at radius 2 is 1.63 bits per heavy atom. The molecule has 1 amide bonds. The zero-order valence-electron chi connectivity index (χ0n) is 16.5. The second-order valence-electron chi connectivity index (χ2n) is 6.78. The molecule has 0 aliphatic rings. The van der Waals surface area contributed by atoms with Crippen LogP contribution in [0.1, 0.15) is 23.6 Å². The van der Waals surface area contributed by atoms with Crippen LogP contribution in [-0.4, -0.2) is 33.7 Å². The Labute approximate surface area is 161 Å². The lowest BCUT2D eigenvalue weighted by Crippen LogP contribution is -2.45. The minimum Gasteiger partial charge on any atom is -0.495 e. The summed E-state index contributed by atoms with van der Waals surface area (Å²) in [5.74, 6) is -0.0361. The Bertz CT molecular complexity index is 934. The topological polar surface area (TPSA) is 75.7 Å². The van der Waals surface area contributed by atoms with E-state index in [1.807, 2.05) is 45.0 Å². The number of methoxy groups -OCH3 is 1. The second-order valence-corrected chi connectivity index (χ2v) is 8.64. The summed E-state index contributed by atoms with van der Waals surface area (Å²) in [6.45, 7) is 7.28. The molecular formula is C20H26N2O4S. The number of rotatable bonds is 6. The predicted molar refractivity (Wildman–Crippen MR) is 109 cm³/mol. The molecule has 0 spiro atoms. The maximum Gasteiger partial charge on any atom is 0.247 e. The summed E-state index contributed by atoms with van der Waals surface area (Å²) in [5, 5.41) is 2.81. The third-order valence-corrected chi connectivity index (χ3v) is 5.38. The number of nitrogens with one attached hydrogen (secondary N) is 1. The molecular weight excluding hydrogens is 364 g/mol. The van der Waals surface area contributed by atoms with Crippen molar-refractivity contribution in [2.45, 2.75) is 33.7 Å². The molecule has 1 atom stereocenters. The summed E-state index contributed by atoms with van der Waals surface area (Å²) in [6.07, 6.45) is 1.08. The zero-order valence-corrected chi connectivity index (χ0v) is 17.3. The van der Waals surface area contributed by atoms with E-state index < -0.39 is 22.0 Å². The maximum absolute atomic E-state index is 12.8. The van der Waals surface area contributed by atoms with Crippen LogP contribution in [0.25, 0.3) is 0 Å². The lowest BCUT2D eigenvalue weighted by atomic mass is 10.1. The number of carbonyl (C=O) groups is 1. The Morgan fingerprint density at radius 3 is 2.15 bits per heavy atom. The van der Waals surface area contributed by atoms with Gasteiger partial charge >= 0.3 is 0 Å². The first kappa shape index (κ1) is 20.8. The SMILES string of the molecule is COc1ccc(C)cc1N(C(C)C(=O)Nc1cc(C)cc(C)c1)S(C)(=O)=O. The van der Waals surface area contributed by atoms with E-state index in [0.717, 1.165) is 27.3 Å². The standard InChI is InChI=1S/C20H26N2O4S/c1-13-7-8-19(26-5)18(12-13)22(27(6,24)25)16(4)20(23)21-17-10-14(2)9-15(3)11-17/h7-12,16H,1-6H3,(H,21,23). The van der Waals surface area contributed by atoms with Crippen molar-refractivity contribution in [2.75, 3.05) is 23.0 Å². The van der Waals surface area contributed by atoms with Crippen LogP contribution in [-0.2, 0) is 14.8 Å². The van der Waals surface area contributed by atoms with Crippen LogP contribution in [0, 0.1) is 20.8 Å². The summed E-state index contributed by atoms with van der Waals surface area (Å²) < 4.78 is 31.4. The van der Waals surface area contributed by atoms with E-state index in [2.05, 4.69) is 5.32 Å². The highest BCUT2D eigenvalue weighted by Gasteiger charge is 2.31. The van der Waals surface area contributed by atoms with Gasteiger partial charge in [0.05, 0.1) is 19.1 Å². The first-order valence-corrected chi connectivity index (χ1v) is 10.4. The number of nitrogens with zero attached hydrogens (tertiary/aromatic N) is 1. The van der Waals surface area contributed by atoms with E-state index in [4.69, 9.17) is 4.74 Å². The van der Waals surface area contributed by atoms with Gasteiger partial charge in [0, 0.05) is 5.69 Å². The first-order valence-electron chi connectivity index (χ1n) is 8.56. The Hall–Kier alpha value is -2.54. The van der Waals surface area contributed by atoms with Gasteiger partial charge in [-0.1, -0.05) is 12.1 Å². The van der Waals surface area contributed by atoms with Gasteiger partial charge in [-0.15, -0.1) is 0 Å². The van der Waals surface area contributed by atoms with Crippen LogP contribution in [0.3, 0.4) is 0 Å².